The maximum Gasteiger partial charge on any atom is 0.343 e. The number of pyridine rings is 2. The number of carbonyl (C=O) groups is 3. The van der Waals surface area contributed by atoms with Crippen LogP contribution < -0.4 is 19.8 Å². The van der Waals surface area contributed by atoms with E-state index in [0.29, 0.717) is 41.2 Å². The summed E-state index contributed by atoms with van der Waals surface area (Å²) in [5.74, 6) is 2.80. The molecular weight excluding hydrogens is 869 g/mol. The quantitative estimate of drug-likeness (QED) is 0.0455. The van der Waals surface area contributed by atoms with E-state index in [4.69, 9.17) is 23.9 Å². The zero-order valence-electron chi connectivity index (χ0n) is 43.9. The summed E-state index contributed by atoms with van der Waals surface area (Å²) in [4.78, 5) is 57.3. The molecule has 0 fully saturated rings. The summed E-state index contributed by atoms with van der Waals surface area (Å²) in [7, 11) is 0. The monoisotopic (exact) mass is 949 g/mol. The molecule has 5 heterocycles. The van der Waals surface area contributed by atoms with Crippen molar-refractivity contribution in [2.24, 2.45) is 17.8 Å². The summed E-state index contributed by atoms with van der Waals surface area (Å²) in [5.41, 5.74) is 5.66. The third-order valence-electron chi connectivity index (χ3n) is 15.2. The van der Waals surface area contributed by atoms with Gasteiger partial charge in [-0.25, -0.2) is 9.78 Å². The minimum Gasteiger partial charge on any atom is -0.487 e. The van der Waals surface area contributed by atoms with Gasteiger partial charge in [0.2, 0.25) is 0 Å². The predicted octanol–water partition coefficient (Wildman–Crippen LogP) is 12.9. The molecule has 0 amide bonds. The van der Waals surface area contributed by atoms with E-state index in [-0.39, 0.29) is 60.7 Å². The summed E-state index contributed by atoms with van der Waals surface area (Å²) in [6, 6.07) is 6.94. The van der Waals surface area contributed by atoms with Gasteiger partial charge < -0.3 is 28.6 Å². The van der Waals surface area contributed by atoms with Crippen LogP contribution in [0.3, 0.4) is 0 Å². The van der Waals surface area contributed by atoms with Crippen LogP contribution in [0.25, 0.3) is 22.3 Å². The molecule has 11 heteroatoms. The number of ether oxygens (including phenoxy) is 4. The Morgan fingerprint density at radius 3 is 2.09 bits per heavy atom. The Bertz CT molecular complexity index is 2590. The molecule has 1 N–H and O–H groups in total. The lowest BCUT2D eigenvalue weighted by Crippen LogP contribution is -2.44. The lowest BCUT2D eigenvalue weighted by atomic mass is 9.83. The number of hydrogen-bond acceptors (Lipinski definition) is 10. The Kier molecular flexibility index (Phi) is 17.6. The summed E-state index contributed by atoms with van der Waals surface area (Å²) < 4.78 is 25.4. The number of carbonyl (C=O) groups excluding carboxylic acids is 3. The van der Waals surface area contributed by atoms with E-state index < -0.39 is 17.5 Å². The molecule has 0 radical (unpaired) electrons. The van der Waals surface area contributed by atoms with Gasteiger partial charge in [-0.15, -0.1) is 0 Å². The average molecular weight is 949 g/mol. The van der Waals surface area contributed by atoms with Crippen LogP contribution in [0.15, 0.2) is 29.1 Å². The zero-order chi connectivity index (χ0) is 50.4. The SMILES string of the molecule is CC.CC[C@@]1(O)C(=O)OCc2c1cc1n(c2=O)Cc2c-1nc1ccc(OC(=O)CCCCC(=O)Oc3c(C)c(C)c4c(c3C)CCC(C)(CCC[C@H](C)CCC[C@H](C)CCCC(C)C)O4)cc1c2C. The van der Waals surface area contributed by atoms with Gasteiger partial charge in [-0.2, -0.15) is 0 Å². The lowest BCUT2D eigenvalue weighted by Gasteiger charge is -2.38. The third-order valence-corrected chi connectivity index (χ3v) is 15.2. The smallest absolute Gasteiger partial charge is 0.343 e. The van der Waals surface area contributed by atoms with Gasteiger partial charge in [-0.05, 0) is 144 Å². The number of aromatic nitrogens is 2. The van der Waals surface area contributed by atoms with Crippen LogP contribution in [0.2, 0.25) is 0 Å². The second-order valence-electron chi connectivity index (χ2n) is 20.9. The van der Waals surface area contributed by atoms with Crippen molar-refractivity contribution in [3.8, 4) is 28.6 Å². The fourth-order valence-corrected chi connectivity index (χ4v) is 10.6. The summed E-state index contributed by atoms with van der Waals surface area (Å²) in [5, 5.41) is 12.0. The summed E-state index contributed by atoms with van der Waals surface area (Å²) in [6.45, 7) is 25.5. The Morgan fingerprint density at radius 2 is 1.43 bits per heavy atom. The van der Waals surface area contributed by atoms with Gasteiger partial charge in [-0.1, -0.05) is 93.4 Å². The van der Waals surface area contributed by atoms with Crippen molar-refractivity contribution in [2.75, 3.05) is 0 Å². The number of esters is 3. The number of aliphatic hydroxyl groups is 1. The Morgan fingerprint density at radius 1 is 0.797 bits per heavy atom. The number of unbranched alkanes of at least 4 members (excludes halogenated alkanes) is 1. The number of benzene rings is 2. The molecule has 7 rings (SSSR count). The Hall–Kier alpha value is -5.03. The van der Waals surface area contributed by atoms with Crippen LogP contribution in [0.5, 0.6) is 17.2 Å². The largest absolute Gasteiger partial charge is 0.487 e. The van der Waals surface area contributed by atoms with Crippen LogP contribution in [-0.2, 0) is 44.3 Å². The lowest BCUT2D eigenvalue weighted by molar-refractivity contribution is -0.172. The zero-order valence-corrected chi connectivity index (χ0v) is 43.9. The molecule has 69 heavy (non-hydrogen) atoms. The fourth-order valence-electron chi connectivity index (χ4n) is 10.6. The molecule has 2 aromatic carbocycles. The van der Waals surface area contributed by atoms with Crippen molar-refractivity contribution in [3.05, 3.63) is 79.1 Å². The number of fused-ring (bicyclic) bond motifs is 6. The molecule has 11 nitrogen and oxygen atoms in total. The average Bonchev–Trinajstić information content (AvgIpc) is 3.69. The topological polar surface area (TPSA) is 143 Å². The molecule has 376 valence electrons. The fraction of sp³-hybridized carbons (Fsp3) is 0.603. The number of nitrogens with zero attached hydrogens (tertiary/aromatic N) is 2. The molecule has 0 aliphatic carbocycles. The van der Waals surface area contributed by atoms with Gasteiger partial charge in [0.05, 0.1) is 29.0 Å². The van der Waals surface area contributed by atoms with Gasteiger partial charge >= 0.3 is 17.9 Å². The van der Waals surface area contributed by atoms with Crippen LogP contribution >= 0.6 is 0 Å². The molecule has 2 aromatic heterocycles. The highest BCUT2D eigenvalue weighted by molar-refractivity contribution is 5.90. The molecule has 1 unspecified atom stereocenters. The molecule has 3 aliphatic heterocycles. The van der Waals surface area contributed by atoms with Crippen LogP contribution in [0, 0.1) is 45.4 Å². The van der Waals surface area contributed by atoms with Gasteiger partial charge in [0.25, 0.3) is 5.56 Å². The van der Waals surface area contributed by atoms with E-state index in [1.807, 2.05) is 34.6 Å². The second-order valence-corrected chi connectivity index (χ2v) is 20.9. The van der Waals surface area contributed by atoms with Crippen LogP contribution in [0.1, 0.15) is 196 Å². The highest BCUT2D eigenvalue weighted by atomic mass is 16.6. The summed E-state index contributed by atoms with van der Waals surface area (Å²) in [6.07, 6.45) is 14.5. The van der Waals surface area contributed by atoms with Crippen molar-refractivity contribution in [1.29, 1.82) is 0 Å². The minimum absolute atomic E-state index is 0.0660. The Balaban J connectivity index is 0.00000386. The second kappa shape index (κ2) is 22.8. The molecule has 0 saturated heterocycles. The number of aryl methyl sites for hydroxylation is 1. The van der Waals surface area contributed by atoms with E-state index in [2.05, 4.69) is 41.5 Å². The van der Waals surface area contributed by atoms with E-state index in [1.54, 1.807) is 35.8 Å². The number of cyclic esters (lactones) is 1. The van der Waals surface area contributed by atoms with Crippen molar-refractivity contribution in [1.82, 2.24) is 9.55 Å². The number of rotatable bonds is 20. The molecule has 0 saturated carbocycles. The van der Waals surface area contributed by atoms with Gasteiger partial charge in [0.1, 0.15) is 29.5 Å². The van der Waals surface area contributed by atoms with E-state index in [1.165, 1.54) is 44.9 Å². The Labute approximate surface area is 411 Å². The van der Waals surface area contributed by atoms with Crippen molar-refractivity contribution >= 4 is 28.8 Å². The normalized spacial score (nSPS) is 18.8. The van der Waals surface area contributed by atoms with Gasteiger partial charge in [0, 0.05) is 34.9 Å². The summed E-state index contributed by atoms with van der Waals surface area (Å²) >= 11 is 0. The molecule has 0 spiro atoms. The number of hydrogen-bond donors (Lipinski definition) is 1. The van der Waals surface area contributed by atoms with E-state index in [9.17, 15) is 24.3 Å². The first-order valence-electron chi connectivity index (χ1n) is 26.2. The van der Waals surface area contributed by atoms with E-state index >= 15 is 0 Å². The molecular formula is C58H80N2O9. The molecule has 0 bridgehead atoms. The van der Waals surface area contributed by atoms with Crippen LogP contribution in [-0.4, -0.2) is 38.2 Å². The first-order chi connectivity index (χ1) is 32.8. The van der Waals surface area contributed by atoms with Crippen molar-refractivity contribution in [2.45, 2.75) is 210 Å². The molecule has 3 aliphatic rings. The minimum atomic E-state index is -1.90. The molecule has 4 atom stereocenters. The predicted molar refractivity (Wildman–Crippen MR) is 273 cm³/mol. The highest BCUT2D eigenvalue weighted by Crippen LogP contribution is 2.46. The van der Waals surface area contributed by atoms with Gasteiger partial charge in [0.15, 0.2) is 5.60 Å². The molecule has 4 aromatic rings. The van der Waals surface area contributed by atoms with Crippen LogP contribution in [0.4, 0.5) is 0 Å². The first-order valence-corrected chi connectivity index (χ1v) is 26.2. The first kappa shape index (κ1) is 53.3. The maximum atomic E-state index is 13.6. The third kappa shape index (κ3) is 11.8. The highest BCUT2D eigenvalue weighted by Gasteiger charge is 2.45. The standard InChI is InChI=1S/C56H74N2O9.C2H6/c1-11-56(63)45-30-47-50-43(31-58(47)53(61)44(45)32-64-54(56)62)38(8)42-29-40(24-25-46(42)57-50)65-48(59)22-12-13-23-49(60)66-51-36(6)37(7)52-41(39(51)9)26-28-55(10,67-52)27-16-21-35(5)20-15-19-34(4)18-14-17-33(2)3;1-2/h24-25,29-30,33-35,63H,11-23,26-28,31-32H2,1-10H3;1-2H3/t34-,35-,55?,56+;/m1./s1. The maximum absolute atomic E-state index is 13.6. The van der Waals surface area contributed by atoms with E-state index in [0.717, 1.165) is 88.0 Å². The van der Waals surface area contributed by atoms with Gasteiger partial charge in [-0.3, -0.25) is 14.4 Å². The van der Waals surface area contributed by atoms with Crippen molar-refractivity contribution in [3.63, 3.8) is 0 Å². The van der Waals surface area contributed by atoms with Crippen molar-refractivity contribution < 1.29 is 38.4 Å².